The fourth-order valence-electron chi connectivity index (χ4n) is 3.75. The summed E-state index contributed by atoms with van der Waals surface area (Å²) in [6.07, 6.45) is 5.57. The van der Waals surface area contributed by atoms with Crippen LogP contribution in [0.15, 0.2) is 0 Å². The Morgan fingerprint density at radius 3 is 2.50 bits per heavy atom. The van der Waals surface area contributed by atoms with Crippen molar-refractivity contribution < 1.29 is 14.2 Å². The summed E-state index contributed by atoms with van der Waals surface area (Å²) < 4.78 is 17.3. The largest absolute Gasteiger partial charge is 0.382 e. The van der Waals surface area contributed by atoms with Crippen LogP contribution in [0.4, 0.5) is 0 Å². The molecular formula is C16H29BrO3. The molecular weight excluding hydrogens is 320 g/mol. The Morgan fingerprint density at radius 2 is 1.90 bits per heavy atom. The van der Waals surface area contributed by atoms with E-state index in [0.717, 1.165) is 12.3 Å². The van der Waals surface area contributed by atoms with Gasteiger partial charge in [0.15, 0.2) is 0 Å². The highest BCUT2D eigenvalue weighted by atomic mass is 79.9. The topological polar surface area (TPSA) is 27.7 Å². The number of hydrogen-bond donors (Lipinski definition) is 0. The van der Waals surface area contributed by atoms with E-state index in [-0.39, 0.29) is 12.2 Å². The van der Waals surface area contributed by atoms with Crippen molar-refractivity contribution in [1.29, 1.82) is 0 Å². The Labute approximate surface area is 131 Å². The van der Waals surface area contributed by atoms with Crippen LogP contribution in [0.5, 0.6) is 0 Å². The molecule has 0 aliphatic heterocycles. The average molecular weight is 349 g/mol. The maximum absolute atomic E-state index is 6.35. The molecule has 0 heterocycles. The maximum atomic E-state index is 6.35. The number of hydrogen-bond acceptors (Lipinski definition) is 3. The number of alkyl halides is 1. The molecule has 4 heteroatoms. The van der Waals surface area contributed by atoms with Crippen LogP contribution in [-0.4, -0.2) is 43.5 Å². The summed E-state index contributed by atoms with van der Waals surface area (Å²) in [4.78, 5) is 0.429. The Kier molecular flexibility index (Phi) is 5.92. The van der Waals surface area contributed by atoms with Gasteiger partial charge < -0.3 is 14.2 Å². The summed E-state index contributed by atoms with van der Waals surface area (Å²) in [7, 11) is 1.70. The Balaban J connectivity index is 1.80. The molecule has 0 aromatic rings. The van der Waals surface area contributed by atoms with Crippen molar-refractivity contribution >= 4 is 15.9 Å². The molecule has 2 fully saturated rings. The summed E-state index contributed by atoms with van der Waals surface area (Å²) in [5, 5.41) is 0. The molecule has 0 bridgehead atoms. The average Bonchev–Trinajstić information content (AvgIpc) is 2.31. The molecule has 0 saturated heterocycles. The van der Waals surface area contributed by atoms with Crippen molar-refractivity contribution in [1.82, 2.24) is 0 Å². The second-order valence-electron chi connectivity index (χ2n) is 7.29. The zero-order chi connectivity index (χ0) is 14.8. The highest BCUT2D eigenvalue weighted by Gasteiger charge is 2.44. The second kappa shape index (κ2) is 7.08. The predicted octanol–water partition coefficient (Wildman–Crippen LogP) is 3.79. The number of halogens is 1. The van der Waals surface area contributed by atoms with Crippen molar-refractivity contribution in [3.05, 3.63) is 0 Å². The van der Waals surface area contributed by atoms with E-state index >= 15 is 0 Å². The molecule has 2 rings (SSSR count). The molecule has 118 valence electrons. The Hall–Kier alpha value is 0.360. The van der Waals surface area contributed by atoms with Gasteiger partial charge in [0.1, 0.15) is 0 Å². The van der Waals surface area contributed by atoms with Crippen LogP contribution < -0.4 is 0 Å². The smallest absolute Gasteiger partial charge is 0.0963 e. The molecule has 2 saturated carbocycles. The molecule has 20 heavy (non-hydrogen) atoms. The molecule has 5 atom stereocenters. The van der Waals surface area contributed by atoms with Crippen molar-refractivity contribution in [2.45, 2.75) is 69.6 Å². The van der Waals surface area contributed by atoms with Gasteiger partial charge in [-0.2, -0.15) is 0 Å². The first-order valence-corrected chi connectivity index (χ1v) is 8.73. The van der Waals surface area contributed by atoms with Gasteiger partial charge in [-0.3, -0.25) is 0 Å². The zero-order valence-corrected chi connectivity index (χ0v) is 14.8. The Bertz CT molecular complexity index is 308. The lowest BCUT2D eigenvalue weighted by Crippen LogP contribution is -2.53. The zero-order valence-electron chi connectivity index (χ0n) is 13.2. The lowest BCUT2D eigenvalue weighted by Gasteiger charge is -2.46. The third-order valence-corrected chi connectivity index (χ3v) is 5.39. The molecule has 0 aromatic carbocycles. The summed E-state index contributed by atoms with van der Waals surface area (Å²) in [6, 6.07) is 0. The van der Waals surface area contributed by atoms with Crippen LogP contribution in [0.2, 0.25) is 0 Å². The number of ether oxygens (including phenoxy) is 3. The predicted molar refractivity (Wildman–Crippen MR) is 84.4 cm³/mol. The summed E-state index contributed by atoms with van der Waals surface area (Å²) in [5.74, 6) is 0.761. The van der Waals surface area contributed by atoms with Gasteiger partial charge in [-0.05, 0) is 37.0 Å². The van der Waals surface area contributed by atoms with Crippen molar-refractivity contribution in [3.8, 4) is 0 Å². The van der Waals surface area contributed by atoms with Crippen molar-refractivity contribution in [2.75, 3.05) is 20.3 Å². The highest BCUT2D eigenvalue weighted by molar-refractivity contribution is 9.09. The standard InChI is InChI=1S/C16H29BrO3/c1-11-7-12(10-16(2,3)9-11)20-14-8-13(17)15(14)19-6-5-18-4/h11-15H,5-10H2,1-4H3. The maximum Gasteiger partial charge on any atom is 0.0963 e. The summed E-state index contributed by atoms with van der Waals surface area (Å²) in [6.45, 7) is 8.36. The van der Waals surface area contributed by atoms with Gasteiger partial charge in [0.05, 0.1) is 31.5 Å². The van der Waals surface area contributed by atoms with E-state index in [1.165, 1.54) is 19.3 Å². The highest BCUT2D eigenvalue weighted by Crippen LogP contribution is 2.42. The van der Waals surface area contributed by atoms with Gasteiger partial charge in [-0.15, -0.1) is 0 Å². The lowest BCUT2D eigenvalue weighted by molar-refractivity contribution is -0.165. The van der Waals surface area contributed by atoms with Gasteiger partial charge in [0.2, 0.25) is 0 Å². The molecule has 2 aliphatic carbocycles. The summed E-state index contributed by atoms with van der Waals surface area (Å²) >= 11 is 3.67. The van der Waals surface area contributed by atoms with E-state index in [4.69, 9.17) is 14.2 Å². The molecule has 0 spiro atoms. The minimum absolute atomic E-state index is 0.186. The van der Waals surface area contributed by atoms with Crippen molar-refractivity contribution in [3.63, 3.8) is 0 Å². The normalized spacial score (nSPS) is 40.4. The number of rotatable bonds is 6. The Morgan fingerprint density at radius 1 is 1.15 bits per heavy atom. The van der Waals surface area contributed by atoms with E-state index in [1.54, 1.807) is 7.11 Å². The van der Waals surface area contributed by atoms with Gasteiger partial charge in [0.25, 0.3) is 0 Å². The number of methoxy groups -OCH3 is 1. The van der Waals surface area contributed by atoms with Crippen molar-refractivity contribution in [2.24, 2.45) is 11.3 Å². The first kappa shape index (κ1) is 16.7. The first-order chi connectivity index (χ1) is 9.41. The van der Waals surface area contributed by atoms with Gasteiger partial charge in [-0.25, -0.2) is 0 Å². The van der Waals surface area contributed by atoms with E-state index in [0.29, 0.717) is 29.6 Å². The third kappa shape index (κ3) is 4.43. The van der Waals surface area contributed by atoms with E-state index < -0.39 is 0 Å². The lowest BCUT2D eigenvalue weighted by atomic mass is 9.71. The van der Waals surface area contributed by atoms with Gasteiger partial charge in [-0.1, -0.05) is 36.7 Å². The van der Waals surface area contributed by atoms with Gasteiger partial charge >= 0.3 is 0 Å². The fraction of sp³-hybridized carbons (Fsp3) is 1.00. The van der Waals surface area contributed by atoms with E-state index in [2.05, 4.69) is 36.7 Å². The minimum Gasteiger partial charge on any atom is -0.382 e. The summed E-state index contributed by atoms with van der Waals surface area (Å²) in [5.41, 5.74) is 0.409. The molecule has 0 aromatic heterocycles. The molecule has 5 unspecified atom stereocenters. The van der Waals surface area contributed by atoms with Crippen LogP contribution in [0.1, 0.15) is 46.5 Å². The molecule has 0 radical (unpaired) electrons. The van der Waals surface area contributed by atoms with Crippen LogP contribution in [0, 0.1) is 11.3 Å². The molecule has 3 nitrogen and oxygen atoms in total. The van der Waals surface area contributed by atoms with Crippen LogP contribution in [0.25, 0.3) is 0 Å². The van der Waals surface area contributed by atoms with Crippen LogP contribution in [0.3, 0.4) is 0 Å². The molecule has 2 aliphatic rings. The second-order valence-corrected chi connectivity index (χ2v) is 8.47. The van der Waals surface area contributed by atoms with Crippen LogP contribution in [-0.2, 0) is 14.2 Å². The van der Waals surface area contributed by atoms with Crippen LogP contribution >= 0.6 is 15.9 Å². The monoisotopic (exact) mass is 348 g/mol. The van der Waals surface area contributed by atoms with E-state index in [9.17, 15) is 0 Å². The first-order valence-electron chi connectivity index (χ1n) is 7.81. The quantitative estimate of drug-likeness (QED) is 0.539. The van der Waals surface area contributed by atoms with Gasteiger partial charge in [0, 0.05) is 11.9 Å². The molecule has 0 N–H and O–H groups in total. The SMILES string of the molecule is COCCOC1C(Br)CC1OC1CC(C)CC(C)(C)C1. The fourth-order valence-corrected chi connectivity index (χ4v) is 4.61. The minimum atomic E-state index is 0.186. The van der Waals surface area contributed by atoms with E-state index in [1.807, 2.05) is 0 Å². The molecule has 0 amide bonds. The third-order valence-electron chi connectivity index (χ3n) is 4.49.